The van der Waals surface area contributed by atoms with Gasteiger partial charge in [0.2, 0.25) is 5.82 Å². The number of piperidine rings is 1. The van der Waals surface area contributed by atoms with Gasteiger partial charge in [0.1, 0.15) is 0 Å². The van der Waals surface area contributed by atoms with E-state index >= 15 is 0 Å². The number of hydrogen-bond acceptors (Lipinski definition) is 7. The van der Waals surface area contributed by atoms with Crippen LogP contribution in [0.4, 0.5) is 0 Å². The van der Waals surface area contributed by atoms with E-state index in [1.165, 1.54) is 0 Å². The number of nitrogens with one attached hydrogen (secondary N) is 1. The van der Waals surface area contributed by atoms with E-state index in [-0.39, 0.29) is 17.9 Å². The summed E-state index contributed by atoms with van der Waals surface area (Å²) in [5.74, 6) is 2.05. The van der Waals surface area contributed by atoms with Crippen molar-refractivity contribution in [3.8, 4) is 22.9 Å². The minimum absolute atomic E-state index is 0.0110. The Labute approximate surface area is 206 Å². The second kappa shape index (κ2) is 11.3. The number of amides is 1. The number of tetrazole rings is 1. The molecule has 35 heavy (non-hydrogen) atoms. The van der Waals surface area contributed by atoms with E-state index < -0.39 is 0 Å². The molecule has 0 radical (unpaired) electrons. The monoisotopic (exact) mass is 478 g/mol. The summed E-state index contributed by atoms with van der Waals surface area (Å²) in [6, 6.07) is 13.4. The van der Waals surface area contributed by atoms with Crippen molar-refractivity contribution in [2.24, 2.45) is 0 Å². The molecule has 1 aliphatic heterocycles. The molecule has 4 rings (SSSR count). The highest BCUT2D eigenvalue weighted by Crippen LogP contribution is 2.34. The molecule has 1 N–H and O–H groups in total. The van der Waals surface area contributed by atoms with Crippen LogP contribution in [0.25, 0.3) is 11.4 Å². The van der Waals surface area contributed by atoms with Crippen LogP contribution in [0, 0.1) is 0 Å². The Balaban J connectivity index is 1.49. The Kier molecular flexibility index (Phi) is 7.97. The fourth-order valence-corrected chi connectivity index (χ4v) is 4.49. The van der Waals surface area contributed by atoms with E-state index in [1.807, 2.05) is 43.3 Å². The number of carbonyl (C=O) groups excluding carboxylic acids is 1. The van der Waals surface area contributed by atoms with Crippen molar-refractivity contribution in [2.75, 3.05) is 33.9 Å². The van der Waals surface area contributed by atoms with E-state index in [9.17, 15) is 4.79 Å². The molecule has 9 heteroatoms. The molecule has 2 aromatic carbocycles. The third kappa shape index (κ3) is 5.79. The highest BCUT2D eigenvalue weighted by atomic mass is 16.5. The molecule has 1 fully saturated rings. The fraction of sp³-hybridized carbons (Fsp3) is 0.462. The predicted octanol–water partition coefficient (Wildman–Crippen LogP) is 3.38. The van der Waals surface area contributed by atoms with Gasteiger partial charge in [0, 0.05) is 29.6 Å². The zero-order valence-corrected chi connectivity index (χ0v) is 20.9. The van der Waals surface area contributed by atoms with Crippen molar-refractivity contribution >= 4 is 5.91 Å². The number of likely N-dealkylation sites (tertiary alicyclic amines) is 1. The molecule has 0 spiro atoms. The third-order valence-electron chi connectivity index (χ3n) is 6.33. The second-order valence-electron chi connectivity index (χ2n) is 8.87. The third-order valence-corrected chi connectivity index (χ3v) is 6.33. The van der Waals surface area contributed by atoms with Crippen molar-refractivity contribution in [3.05, 3.63) is 53.6 Å². The highest BCUT2D eigenvalue weighted by Gasteiger charge is 2.31. The van der Waals surface area contributed by atoms with E-state index in [1.54, 1.807) is 11.9 Å². The molecule has 1 saturated heterocycles. The fourth-order valence-electron chi connectivity index (χ4n) is 4.49. The average molecular weight is 479 g/mol. The lowest BCUT2D eigenvalue weighted by Crippen LogP contribution is -2.48. The summed E-state index contributed by atoms with van der Waals surface area (Å²) in [5.41, 5.74) is 2.57. The SMILES string of the molecule is CCCn1nnc(-c2ccc(C(=O)N[C@@H]3CCN(C)C[C@@H]3c3ccc(OC)c(OCC)c3)cc2)n1. The Morgan fingerprint density at radius 3 is 2.66 bits per heavy atom. The molecule has 1 aromatic heterocycles. The topological polar surface area (TPSA) is 94.4 Å². The van der Waals surface area contributed by atoms with Crippen LogP contribution in [0.5, 0.6) is 11.5 Å². The summed E-state index contributed by atoms with van der Waals surface area (Å²) in [6.07, 6.45) is 1.81. The van der Waals surface area contributed by atoms with Crippen molar-refractivity contribution in [1.82, 2.24) is 30.4 Å². The molecule has 9 nitrogen and oxygen atoms in total. The van der Waals surface area contributed by atoms with Crippen LogP contribution in [-0.4, -0.2) is 70.9 Å². The lowest BCUT2D eigenvalue weighted by atomic mass is 9.85. The number of methoxy groups -OCH3 is 1. The quantitative estimate of drug-likeness (QED) is 0.504. The van der Waals surface area contributed by atoms with E-state index in [2.05, 4.69) is 45.7 Å². The Morgan fingerprint density at radius 2 is 1.94 bits per heavy atom. The average Bonchev–Trinajstić information content (AvgIpc) is 3.34. The molecule has 3 aromatic rings. The number of carbonyl (C=O) groups is 1. The standard InChI is InChI=1S/C26H34N6O3/c1-5-14-32-29-25(28-30-32)18-7-9-19(10-8-18)26(33)27-22-13-15-31(3)17-21(22)20-11-12-23(34-4)24(16-20)35-6-2/h7-12,16,21-22H,5-6,13-15,17H2,1-4H3,(H,27,33)/t21-,22-/m1/s1. The number of ether oxygens (including phenoxy) is 2. The van der Waals surface area contributed by atoms with Gasteiger partial charge in [-0.2, -0.15) is 4.80 Å². The minimum atomic E-state index is -0.0859. The van der Waals surface area contributed by atoms with Gasteiger partial charge in [-0.25, -0.2) is 0 Å². The van der Waals surface area contributed by atoms with Gasteiger partial charge in [-0.05, 0) is 68.4 Å². The molecule has 0 saturated carbocycles. The van der Waals surface area contributed by atoms with Gasteiger partial charge in [-0.3, -0.25) is 4.79 Å². The molecule has 1 aliphatic rings. The van der Waals surface area contributed by atoms with Crippen LogP contribution in [0.3, 0.4) is 0 Å². The maximum absolute atomic E-state index is 13.2. The largest absolute Gasteiger partial charge is 0.493 e. The van der Waals surface area contributed by atoms with Crippen molar-refractivity contribution < 1.29 is 14.3 Å². The number of aryl methyl sites for hydroxylation is 1. The lowest BCUT2D eigenvalue weighted by Gasteiger charge is -2.37. The zero-order valence-electron chi connectivity index (χ0n) is 20.9. The predicted molar refractivity (Wildman–Crippen MR) is 134 cm³/mol. The normalized spacial score (nSPS) is 18.3. The zero-order chi connectivity index (χ0) is 24.8. The minimum Gasteiger partial charge on any atom is -0.493 e. The summed E-state index contributed by atoms with van der Waals surface area (Å²) in [4.78, 5) is 17.0. The van der Waals surface area contributed by atoms with Crippen LogP contribution in [0.15, 0.2) is 42.5 Å². The molecule has 0 bridgehead atoms. The van der Waals surface area contributed by atoms with Crippen LogP contribution >= 0.6 is 0 Å². The molecule has 0 aliphatic carbocycles. The first kappa shape index (κ1) is 24.7. The highest BCUT2D eigenvalue weighted by molar-refractivity contribution is 5.94. The summed E-state index contributed by atoms with van der Waals surface area (Å²) in [5, 5.41) is 15.8. The molecule has 1 amide bonds. The van der Waals surface area contributed by atoms with E-state index in [0.29, 0.717) is 23.7 Å². The van der Waals surface area contributed by atoms with E-state index in [0.717, 1.165) is 49.4 Å². The van der Waals surface area contributed by atoms with Crippen LogP contribution in [0.1, 0.15) is 48.5 Å². The number of nitrogens with zero attached hydrogens (tertiary/aromatic N) is 5. The van der Waals surface area contributed by atoms with Gasteiger partial charge in [0.15, 0.2) is 11.5 Å². The van der Waals surface area contributed by atoms with Crippen molar-refractivity contribution in [1.29, 1.82) is 0 Å². The lowest BCUT2D eigenvalue weighted by molar-refractivity contribution is 0.0904. The number of rotatable bonds is 9. The molecular weight excluding hydrogens is 444 g/mol. The second-order valence-corrected chi connectivity index (χ2v) is 8.87. The van der Waals surface area contributed by atoms with Crippen LogP contribution in [-0.2, 0) is 6.54 Å². The molecule has 2 atom stereocenters. The van der Waals surface area contributed by atoms with Crippen LogP contribution < -0.4 is 14.8 Å². The first-order valence-electron chi connectivity index (χ1n) is 12.2. The number of hydrogen-bond donors (Lipinski definition) is 1. The molecule has 186 valence electrons. The first-order chi connectivity index (χ1) is 17.0. The number of benzene rings is 2. The van der Waals surface area contributed by atoms with Gasteiger partial charge in [0.25, 0.3) is 5.91 Å². The van der Waals surface area contributed by atoms with Crippen molar-refractivity contribution in [3.63, 3.8) is 0 Å². The Hall–Kier alpha value is -3.46. The van der Waals surface area contributed by atoms with Gasteiger partial charge in [0.05, 0.1) is 20.3 Å². The van der Waals surface area contributed by atoms with Gasteiger partial charge in [-0.1, -0.05) is 25.1 Å². The maximum atomic E-state index is 13.2. The maximum Gasteiger partial charge on any atom is 0.251 e. The number of likely N-dealkylation sites (N-methyl/N-ethyl adjacent to an activating group) is 1. The summed E-state index contributed by atoms with van der Waals surface area (Å²) in [6.45, 7) is 7.08. The van der Waals surface area contributed by atoms with Gasteiger partial charge >= 0.3 is 0 Å². The molecular formula is C26H34N6O3. The number of aromatic nitrogens is 4. The smallest absolute Gasteiger partial charge is 0.251 e. The molecule has 2 heterocycles. The summed E-state index contributed by atoms with van der Waals surface area (Å²) >= 11 is 0. The summed E-state index contributed by atoms with van der Waals surface area (Å²) in [7, 11) is 3.76. The van der Waals surface area contributed by atoms with Crippen LogP contribution in [0.2, 0.25) is 0 Å². The van der Waals surface area contributed by atoms with Gasteiger partial charge < -0.3 is 19.7 Å². The summed E-state index contributed by atoms with van der Waals surface area (Å²) < 4.78 is 11.2. The Morgan fingerprint density at radius 1 is 1.14 bits per heavy atom. The molecule has 0 unspecified atom stereocenters. The van der Waals surface area contributed by atoms with E-state index in [4.69, 9.17) is 9.47 Å². The van der Waals surface area contributed by atoms with Crippen molar-refractivity contribution in [2.45, 2.75) is 45.2 Å². The Bertz CT molecular complexity index is 1130. The first-order valence-corrected chi connectivity index (χ1v) is 12.2. The van der Waals surface area contributed by atoms with Gasteiger partial charge in [-0.15, -0.1) is 10.2 Å².